The van der Waals surface area contributed by atoms with E-state index in [1.54, 1.807) is 6.07 Å². The monoisotopic (exact) mass is 325 g/mol. The second-order valence-electron chi connectivity index (χ2n) is 6.32. The van der Waals surface area contributed by atoms with E-state index in [2.05, 4.69) is 20.8 Å². The van der Waals surface area contributed by atoms with Gasteiger partial charge in [-0.1, -0.05) is 12.8 Å². The number of nitrogens with one attached hydrogen (secondary N) is 2. The number of carbonyl (C=O) groups is 1. The summed E-state index contributed by atoms with van der Waals surface area (Å²) in [7, 11) is 3.95. The van der Waals surface area contributed by atoms with E-state index in [9.17, 15) is 4.79 Å². The molecule has 1 fully saturated rings. The maximum absolute atomic E-state index is 12.2. The fraction of sp³-hybridized carbons (Fsp3) is 0.389. The number of nitrogens with zero attached hydrogens (tertiary/aromatic N) is 3. The molecule has 24 heavy (non-hydrogen) atoms. The zero-order valence-electron chi connectivity index (χ0n) is 14.1. The standard InChI is InChI=1S/C18H23N5O/c1-23(2)15-9-7-14(8-10-15)20-18(24)16-11-12-17(22-21-16)19-13-5-3-4-6-13/h7-13H,3-6H2,1-2H3,(H,19,22)(H,20,24). The highest BCUT2D eigenvalue weighted by molar-refractivity contribution is 6.02. The summed E-state index contributed by atoms with van der Waals surface area (Å²) in [6.45, 7) is 0. The van der Waals surface area contributed by atoms with Gasteiger partial charge in [-0.25, -0.2) is 0 Å². The molecular formula is C18H23N5O. The molecule has 0 saturated heterocycles. The molecule has 2 N–H and O–H groups in total. The highest BCUT2D eigenvalue weighted by atomic mass is 16.1. The summed E-state index contributed by atoms with van der Waals surface area (Å²) >= 11 is 0. The van der Waals surface area contributed by atoms with Gasteiger partial charge in [0.1, 0.15) is 5.82 Å². The number of carbonyl (C=O) groups excluding carboxylic acids is 1. The van der Waals surface area contributed by atoms with Crippen molar-refractivity contribution >= 4 is 23.1 Å². The lowest BCUT2D eigenvalue weighted by atomic mass is 10.2. The Hall–Kier alpha value is -2.63. The summed E-state index contributed by atoms with van der Waals surface area (Å²) in [5.41, 5.74) is 2.12. The van der Waals surface area contributed by atoms with Crippen molar-refractivity contribution < 1.29 is 4.79 Å². The van der Waals surface area contributed by atoms with Crippen molar-refractivity contribution in [2.45, 2.75) is 31.7 Å². The van der Waals surface area contributed by atoms with Crippen LogP contribution in [-0.2, 0) is 0 Å². The molecule has 1 aliphatic carbocycles. The van der Waals surface area contributed by atoms with Gasteiger partial charge in [-0.2, -0.15) is 0 Å². The number of benzene rings is 1. The Morgan fingerprint density at radius 3 is 2.33 bits per heavy atom. The first-order chi connectivity index (χ1) is 11.6. The summed E-state index contributed by atoms with van der Waals surface area (Å²) < 4.78 is 0. The van der Waals surface area contributed by atoms with Gasteiger partial charge in [0.15, 0.2) is 5.69 Å². The molecule has 0 atom stereocenters. The molecule has 1 aromatic heterocycles. The number of aromatic nitrogens is 2. The maximum Gasteiger partial charge on any atom is 0.276 e. The second kappa shape index (κ2) is 7.29. The minimum absolute atomic E-state index is 0.257. The Bertz CT molecular complexity index is 676. The van der Waals surface area contributed by atoms with E-state index in [0.717, 1.165) is 17.2 Å². The predicted octanol–water partition coefficient (Wildman–Crippen LogP) is 3.15. The second-order valence-corrected chi connectivity index (χ2v) is 6.32. The van der Waals surface area contributed by atoms with Crippen LogP contribution < -0.4 is 15.5 Å². The van der Waals surface area contributed by atoms with E-state index < -0.39 is 0 Å². The first kappa shape index (κ1) is 16.2. The van der Waals surface area contributed by atoms with Crippen LogP contribution in [0.15, 0.2) is 36.4 Å². The van der Waals surface area contributed by atoms with Gasteiger partial charge in [-0.05, 0) is 49.2 Å². The third-order valence-corrected chi connectivity index (χ3v) is 4.25. The Morgan fingerprint density at radius 1 is 1.04 bits per heavy atom. The zero-order valence-corrected chi connectivity index (χ0v) is 14.1. The molecule has 126 valence electrons. The fourth-order valence-electron chi connectivity index (χ4n) is 2.85. The van der Waals surface area contributed by atoms with E-state index >= 15 is 0 Å². The molecule has 6 nitrogen and oxygen atoms in total. The molecule has 1 aliphatic rings. The van der Waals surface area contributed by atoms with E-state index in [1.807, 2.05) is 49.3 Å². The van der Waals surface area contributed by atoms with Crippen LogP contribution in [0.4, 0.5) is 17.2 Å². The molecule has 0 radical (unpaired) electrons. The first-order valence-electron chi connectivity index (χ1n) is 8.31. The van der Waals surface area contributed by atoms with Crippen LogP contribution in [0.2, 0.25) is 0 Å². The summed E-state index contributed by atoms with van der Waals surface area (Å²) in [5, 5.41) is 14.3. The predicted molar refractivity (Wildman–Crippen MR) is 96.6 cm³/mol. The van der Waals surface area contributed by atoms with Crippen molar-refractivity contribution in [3.05, 3.63) is 42.1 Å². The Kier molecular flexibility index (Phi) is 4.93. The van der Waals surface area contributed by atoms with Gasteiger partial charge in [0.2, 0.25) is 0 Å². The quantitative estimate of drug-likeness (QED) is 0.884. The normalized spacial score (nSPS) is 14.4. The van der Waals surface area contributed by atoms with Crippen molar-refractivity contribution in [1.82, 2.24) is 10.2 Å². The number of amides is 1. The van der Waals surface area contributed by atoms with Crippen molar-refractivity contribution in [1.29, 1.82) is 0 Å². The molecule has 6 heteroatoms. The molecule has 0 spiro atoms. The third kappa shape index (κ3) is 4.01. The molecule has 1 heterocycles. The van der Waals surface area contributed by atoms with Gasteiger partial charge >= 0.3 is 0 Å². The topological polar surface area (TPSA) is 70.2 Å². The number of anilines is 3. The van der Waals surface area contributed by atoms with Crippen LogP contribution >= 0.6 is 0 Å². The zero-order chi connectivity index (χ0) is 16.9. The van der Waals surface area contributed by atoms with Crippen LogP contribution in [0.25, 0.3) is 0 Å². The Morgan fingerprint density at radius 2 is 1.75 bits per heavy atom. The summed E-state index contributed by atoms with van der Waals surface area (Å²) in [6.07, 6.45) is 4.87. The average molecular weight is 325 g/mol. The van der Waals surface area contributed by atoms with E-state index in [4.69, 9.17) is 0 Å². The van der Waals surface area contributed by atoms with Gasteiger partial charge in [0.25, 0.3) is 5.91 Å². The lowest BCUT2D eigenvalue weighted by Gasteiger charge is -2.13. The minimum Gasteiger partial charge on any atom is -0.378 e. The van der Waals surface area contributed by atoms with Crippen LogP contribution in [0.3, 0.4) is 0 Å². The molecular weight excluding hydrogens is 302 g/mol. The van der Waals surface area contributed by atoms with E-state index in [0.29, 0.717) is 11.7 Å². The maximum atomic E-state index is 12.2. The molecule has 1 saturated carbocycles. The van der Waals surface area contributed by atoms with Crippen molar-refractivity contribution in [3.63, 3.8) is 0 Å². The molecule has 0 aliphatic heterocycles. The number of hydrogen-bond acceptors (Lipinski definition) is 5. The summed E-state index contributed by atoms with van der Waals surface area (Å²) in [5.74, 6) is 0.473. The van der Waals surface area contributed by atoms with Crippen LogP contribution in [-0.4, -0.2) is 36.2 Å². The van der Waals surface area contributed by atoms with Crippen molar-refractivity contribution in [2.75, 3.05) is 29.6 Å². The van der Waals surface area contributed by atoms with Gasteiger partial charge in [-0.15, -0.1) is 10.2 Å². The smallest absolute Gasteiger partial charge is 0.276 e. The lowest BCUT2D eigenvalue weighted by molar-refractivity contribution is 0.102. The highest BCUT2D eigenvalue weighted by Gasteiger charge is 2.15. The summed E-state index contributed by atoms with van der Waals surface area (Å²) in [6, 6.07) is 11.6. The van der Waals surface area contributed by atoms with Gasteiger partial charge in [0.05, 0.1) is 0 Å². The third-order valence-electron chi connectivity index (χ3n) is 4.25. The Labute approximate surface area is 142 Å². The number of hydrogen-bond donors (Lipinski definition) is 2. The van der Waals surface area contributed by atoms with Gasteiger partial charge in [-0.3, -0.25) is 4.79 Å². The van der Waals surface area contributed by atoms with Gasteiger partial charge < -0.3 is 15.5 Å². The molecule has 2 aromatic rings. The van der Waals surface area contributed by atoms with E-state index in [-0.39, 0.29) is 5.91 Å². The molecule has 0 bridgehead atoms. The van der Waals surface area contributed by atoms with E-state index in [1.165, 1.54) is 25.7 Å². The van der Waals surface area contributed by atoms with Crippen LogP contribution in [0.1, 0.15) is 36.2 Å². The minimum atomic E-state index is -0.257. The SMILES string of the molecule is CN(C)c1ccc(NC(=O)c2ccc(NC3CCCC3)nn2)cc1. The highest BCUT2D eigenvalue weighted by Crippen LogP contribution is 2.21. The first-order valence-corrected chi connectivity index (χ1v) is 8.31. The summed E-state index contributed by atoms with van der Waals surface area (Å²) in [4.78, 5) is 14.3. The van der Waals surface area contributed by atoms with Gasteiger partial charge in [0, 0.05) is 31.5 Å². The fourth-order valence-corrected chi connectivity index (χ4v) is 2.85. The number of rotatable bonds is 5. The van der Waals surface area contributed by atoms with Crippen molar-refractivity contribution in [2.24, 2.45) is 0 Å². The van der Waals surface area contributed by atoms with Crippen LogP contribution in [0, 0.1) is 0 Å². The lowest BCUT2D eigenvalue weighted by Crippen LogP contribution is -2.18. The van der Waals surface area contributed by atoms with Crippen LogP contribution in [0.5, 0.6) is 0 Å². The molecule has 1 amide bonds. The molecule has 3 rings (SSSR count). The molecule has 1 aromatic carbocycles. The molecule has 0 unspecified atom stereocenters. The Balaban J connectivity index is 1.60. The average Bonchev–Trinajstić information content (AvgIpc) is 3.09. The van der Waals surface area contributed by atoms with Crippen molar-refractivity contribution in [3.8, 4) is 0 Å². The largest absolute Gasteiger partial charge is 0.378 e.